The van der Waals surface area contributed by atoms with E-state index in [1.54, 1.807) is 4.90 Å². The molecule has 7 rings (SSSR count). The highest BCUT2D eigenvalue weighted by atomic mass is 16.4. The third-order valence-electron chi connectivity index (χ3n) is 11.3. The molecule has 1 aliphatic heterocycles. The Morgan fingerprint density at radius 1 is 1.02 bits per heavy atom. The minimum atomic E-state index is -0.974. The number of nitrogens with zero attached hydrogens (tertiary/aromatic N) is 2. The van der Waals surface area contributed by atoms with Crippen molar-refractivity contribution in [1.82, 2.24) is 15.5 Å². The number of rotatable bonds is 9. The zero-order valence-corrected chi connectivity index (χ0v) is 27.0. The quantitative estimate of drug-likeness (QED) is 0.320. The SMILES string of the molecule is CC(C)C1CCC(C(=O)N[C@H](Cc2ccccc2)C(=O)O)CC1.N#C[C@@H]1CCCN1C(=O)CNC12C[C@@H]3C[C@@H](CC(O)(C3)C1)C2. The van der Waals surface area contributed by atoms with Crippen LogP contribution in [0, 0.1) is 40.9 Å². The Hall–Kier alpha value is -2.96. The number of carboxylic acid groups (broad SMARTS) is 1. The lowest BCUT2D eigenvalue weighted by Gasteiger charge is -2.60. The van der Waals surface area contributed by atoms with Crippen molar-refractivity contribution in [3.05, 3.63) is 35.9 Å². The topological polar surface area (TPSA) is 143 Å². The Bertz CT molecular complexity index is 1220. The van der Waals surface area contributed by atoms with Crippen LogP contribution in [0.4, 0.5) is 0 Å². The number of hydrogen-bond acceptors (Lipinski definition) is 6. The van der Waals surface area contributed by atoms with Gasteiger partial charge in [0.25, 0.3) is 0 Å². The van der Waals surface area contributed by atoms with Crippen molar-refractivity contribution >= 4 is 17.8 Å². The van der Waals surface area contributed by atoms with Crippen molar-refractivity contribution in [1.29, 1.82) is 5.26 Å². The normalized spacial score (nSPS) is 34.0. The fourth-order valence-electron chi connectivity index (χ4n) is 9.37. The van der Waals surface area contributed by atoms with Gasteiger partial charge < -0.3 is 25.7 Å². The first-order chi connectivity index (χ1) is 21.5. The van der Waals surface area contributed by atoms with Gasteiger partial charge in [-0.1, -0.05) is 44.2 Å². The Kier molecular flexibility index (Phi) is 10.6. The standard InChI is InChI=1S/C19H27NO3.C17H25N3O2/c1-13(2)15-8-10-16(11-9-15)18(21)20-17(19(22)23)12-14-6-4-3-5-7-14;18-9-14-2-1-3-20(14)15(21)10-19-16-5-12-4-13(6-16)8-17(22,7-12)11-16/h3-7,13,15-17H,8-12H2,1-2H3,(H,20,21)(H,22,23);12-14,19,22H,1-8,10-11H2/t15?,16?,17-;12-,13+,14-,16?,17?/m10/s1. The van der Waals surface area contributed by atoms with Crippen LogP contribution in [0.5, 0.6) is 0 Å². The summed E-state index contributed by atoms with van der Waals surface area (Å²) in [5, 5.41) is 35.5. The van der Waals surface area contributed by atoms with Gasteiger partial charge in [0.05, 0.1) is 18.2 Å². The third-order valence-corrected chi connectivity index (χ3v) is 11.3. The van der Waals surface area contributed by atoms with Crippen molar-refractivity contribution < 1.29 is 24.6 Å². The third kappa shape index (κ3) is 8.26. The van der Waals surface area contributed by atoms with Crippen LogP contribution >= 0.6 is 0 Å². The van der Waals surface area contributed by atoms with Gasteiger partial charge in [-0.25, -0.2) is 4.79 Å². The van der Waals surface area contributed by atoms with Gasteiger partial charge in [0.1, 0.15) is 12.1 Å². The lowest BCUT2D eigenvalue weighted by molar-refractivity contribution is -0.147. The number of aliphatic hydroxyl groups is 1. The highest BCUT2D eigenvalue weighted by molar-refractivity contribution is 5.85. The summed E-state index contributed by atoms with van der Waals surface area (Å²) >= 11 is 0. The van der Waals surface area contributed by atoms with Crippen LogP contribution < -0.4 is 10.6 Å². The molecular weight excluding hydrogens is 568 g/mol. The summed E-state index contributed by atoms with van der Waals surface area (Å²) in [4.78, 5) is 38.0. The van der Waals surface area contributed by atoms with Crippen LogP contribution in [0.25, 0.3) is 0 Å². The predicted molar refractivity (Wildman–Crippen MR) is 171 cm³/mol. The zero-order valence-electron chi connectivity index (χ0n) is 27.0. The number of benzene rings is 1. The lowest BCUT2D eigenvalue weighted by Crippen LogP contribution is -2.65. The Morgan fingerprint density at radius 3 is 2.27 bits per heavy atom. The molecule has 5 saturated carbocycles. The summed E-state index contributed by atoms with van der Waals surface area (Å²) in [6.07, 6.45) is 12.1. The molecule has 5 aliphatic carbocycles. The van der Waals surface area contributed by atoms with E-state index >= 15 is 0 Å². The molecular formula is C36H52N4O5. The van der Waals surface area contributed by atoms with Crippen molar-refractivity contribution in [2.45, 2.75) is 121 Å². The maximum absolute atomic E-state index is 12.4. The fourth-order valence-corrected chi connectivity index (χ4v) is 9.37. The molecule has 4 N–H and O–H groups in total. The zero-order chi connectivity index (χ0) is 32.2. The highest BCUT2D eigenvalue weighted by Gasteiger charge is 2.57. The maximum atomic E-state index is 12.4. The molecule has 1 heterocycles. The molecule has 1 aromatic rings. The van der Waals surface area contributed by atoms with Crippen molar-refractivity contribution in [2.75, 3.05) is 13.1 Å². The van der Waals surface area contributed by atoms with Gasteiger partial charge in [-0.2, -0.15) is 5.26 Å². The Balaban J connectivity index is 0.000000178. The molecule has 9 nitrogen and oxygen atoms in total. The first-order valence-electron chi connectivity index (χ1n) is 17.2. The largest absolute Gasteiger partial charge is 0.480 e. The van der Waals surface area contributed by atoms with Crippen LogP contribution in [-0.2, 0) is 20.8 Å². The summed E-state index contributed by atoms with van der Waals surface area (Å²) in [5.41, 5.74) is 0.378. The van der Waals surface area contributed by atoms with E-state index in [0.717, 1.165) is 76.2 Å². The molecule has 0 aromatic heterocycles. The maximum Gasteiger partial charge on any atom is 0.326 e. The van der Waals surface area contributed by atoms with Gasteiger partial charge in [0, 0.05) is 24.4 Å². The summed E-state index contributed by atoms with van der Waals surface area (Å²) < 4.78 is 0. The van der Waals surface area contributed by atoms with Gasteiger partial charge >= 0.3 is 5.97 Å². The van der Waals surface area contributed by atoms with E-state index in [0.29, 0.717) is 43.2 Å². The van der Waals surface area contributed by atoms with Crippen molar-refractivity contribution in [3.63, 3.8) is 0 Å². The van der Waals surface area contributed by atoms with E-state index < -0.39 is 17.6 Å². The van der Waals surface area contributed by atoms with Crippen molar-refractivity contribution in [2.24, 2.45) is 29.6 Å². The van der Waals surface area contributed by atoms with Gasteiger partial charge in [-0.3, -0.25) is 9.59 Å². The number of amides is 2. The summed E-state index contributed by atoms with van der Waals surface area (Å²) in [7, 11) is 0. The molecule has 1 aromatic carbocycles. The van der Waals surface area contributed by atoms with Crippen molar-refractivity contribution in [3.8, 4) is 6.07 Å². The number of carbonyl (C=O) groups excluding carboxylic acids is 2. The number of carbonyl (C=O) groups is 3. The second-order valence-corrected chi connectivity index (χ2v) is 15.1. The second kappa shape index (κ2) is 14.2. The minimum absolute atomic E-state index is 0.0392. The van der Waals surface area contributed by atoms with E-state index in [9.17, 15) is 24.6 Å². The van der Waals surface area contributed by atoms with Gasteiger partial charge in [-0.05, 0) is 106 Å². The molecule has 6 aliphatic rings. The molecule has 6 fully saturated rings. The van der Waals surface area contributed by atoms with E-state index in [2.05, 4.69) is 30.6 Å². The van der Waals surface area contributed by atoms with Gasteiger partial charge in [-0.15, -0.1) is 0 Å². The van der Waals surface area contributed by atoms with Crippen LogP contribution in [0.1, 0.15) is 96.5 Å². The van der Waals surface area contributed by atoms with Gasteiger partial charge in [0.15, 0.2) is 0 Å². The fraction of sp³-hybridized carbons (Fsp3) is 0.722. The average molecular weight is 621 g/mol. The number of likely N-dealkylation sites (tertiary alicyclic amines) is 1. The molecule has 0 radical (unpaired) electrons. The summed E-state index contributed by atoms with van der Waals surface area (Å²) in [6.45, 7) is 5.48. The van der Waals surface area contributed by atoms with Gasteiger partial charge in [0.2, 0.25) is 11.8 Å². The van der Waals surface area contributed by atoms with Crippen LogP contribution in [-0.4, -0.2) is 69.2 Å². The summed E-state index contributed by atoms with van der Waals surface area (Å²) in [6, 6.07) is 10.6. The average Bonchev–Trinajstić information content (AvgIpc) is 3.48. The number of hydrogen-bond donors (Lipinski definition) is 4. The summed E-state index contributed by atoms with van der Waals surface area (Å²) in [5.74, 6) is 1.52. The Morgan fingerprint density at radius 2 is 1.69 bits per heavy atom. The number of carboxylic acids is 1. The van der Waals surface area contributed by atoms with E-state index in [4.69, 9.17) is 5.26 Å². The lowest BCUT2D eigenvalue weighted by atomic mass is 9.51. The number of nitriles is 1. The van der Waals surface area contributed by atoms with Crippen LogP contribution in [0.15, 0.2) is 30.3 Å². The molecule has 45 heavy (non-hydrogen) atoms. The Labute approximate surface area is 268 Å². The van der Waals surface area contributed by atoms with E-state index in [1.807, 2.05) is 30.3 Å². The molecule has 9 heteroatoms. The van der Waals surface area contributed by atoms with Crippen LogP contribution in [0.3, 0.4) is 0 Å². The first kappa shape index (κ1) is 33.4. The predicted octanol–water partition coefficient (Wildman–Crippen LogP) is 4.44. The number of nitrogens with one attached hydrogen (secondary N) is 2. The monoisotopic (exact) mass is 620 g/mol. The minimum Gasteiger partial charge on any atom is -0.480 e. The number of aliphatic carboxylic acids is 1. The highest BCUT2D eigenvalue weighted by Crippen LogP contribution is 2.57. The molecule has 0 spiro atoms. The molecule has 1 saturated heterocycles. The molecule has 2 amide bonds. The molecule has 246 valence electrons. The van der Waals surface area contributed by atoms with E-state index in [-0.39, 0.29) is 29.3 Å². The first-order valence-corrected chi connectivity index (χ1v) is 17.2. The smallest absolute Gasteiger partial charge is 0.326 e. The molecule has 2 unspecified atom stereocenters. The van der Waals surface area contributed by atoms with Crippen LogP contribution in [0.2, 0.25) is 0 Å². The van der Waals surface area contributed by atoms with E-state index in [1.165, 1.54) is 6.42 Å². The molecule has 4 bridgehead atoms. The second-order valence-electron chi connectivity index (χ2n) is 15.1. The molecule has 6 atom stereocenters.